The van der Waals surface area contributed by atoms with Crippen LogP contribution in [0.25, 0.3) is 0 Å². The predicted octanol–water partition coefficient (Wildman–Crippen LogP) is 1.92. The third-order valence-electron chi connectivity index (χ3n) is 3.61. The lowest BCUT2D eigenvalue weighted by molar-refractivity contribution is -0.130. The van der Waals surface area contributed by atoms with Crippen LogP contribution in [0.4, 0.5) is 0 Å². The number of nitrogens with zero attached hydrogens (tertiary/aromatic N) is 2. The molecule has 1 amide bonds. The molecule has 5 heteroatoms. The summed E-state index contributed by atoms with van der Waals surface area (Å²) in [6.45, 7) is 3.66. The first-order valence-electron chi connectivity index (χ1n) is 7.30. The molecular formula is C16H23ClN2O2. The molecule has 1 aromatic rings. The van der Waals surface area contributed by atoms with Gasteiger partial charge in [-0.3, -0.25) is 4.79 Å². The van der Waals surface area contributed by atoms with Gasteiger partial charge in [0, 0.05) is 30.6 Å². The van der Waals surface area contributed by atoms with E-state index in [1.807, 2.05) is 43.3 Å². The topological polar surface area (TPSA) is 32.8 Å². The van der Waals surface area contributed by atoms with Crippen molar-refractivity contribution in [3.8, 4) is 0 Å². The van der Waals surface area contributed by atoms with E-state index in [0.717, 1.165) is 18.7 Å². The average molecular weight is 311 g/mol. The summed E-state index contributed by atoms with van der Waals surface area (Å²) in [4.78, 5) is 16.5. The van der Waals surface area contributed by atoms with Crippen LogP contribution in [0.3, 0.4) is 0 Å². The summed E-state index contributed by atoms with van der Waals surface area (Å²) in [6, 6.07) is 7.52. The molecule has 0 N–H and O–H groups in total. The minimum Gasteiger partial charge on any atom is -0.379 e. The number of amides is 1. The molecule has 2 rings (SSSR count). The standard InChI is InChI=1S/C16H23ClN2O2/c1-18(2)10-13-11-19(7-8-21-12-13)16(20)9-14-5-3-4-6-15(14)17/h3-6,13H,7-12H2,1-2H3/t13-/m1/s1. The first-order valence-corrected chi connectivity index (χ1v) is 7.67. The summed E-state index contributed by atoms with van der Waals surface area (Å²) >= 11 is 6.13. The lowest BCUT2D eigenvalue weighted by Crippen LogP contribution is -2.39. The molecule has 116 valence electrons. The Bertz CT molecular complexity index is 479. The van der Waals surface area contributed by atoms with Crippen LogP contribution in [0.1, 0.15) is 5.56 Å². The van der Waals surface area contributed by atoms with Gasteiger partial charge in [0.25, 0.3) is 0 Å². The van der Waals surface area contributed by atoms with Crippen molar-refractivity contribution >= 4 is 17.5 Å². The Morgan fingerprint density at radius 2 is 2.19 bits per heavy atom. The van der Waals surface area contributed by atoms with Gasteiger partial charge >= 0.3 is 0 Å². The number of hydrogen-bond acceptors (Lipinski definition) is 3. The molecule has 0 bridgehead atoms. The normalized spacial score (nSPS) is 19.6. The second-order valence-corrected chi connectivity index (χ2v) is 6.22. The maximum absolute atomic E-state index is 12.5. The first-order chi connectivity index (χ1) is 10.1. The van der Waals surface area contributed by atoms with Gasteiger partial charge in [0.1, 0.15) is 0 Å². The molecule has 0 aliphatic carbocycles. The van der Waals surface area contributed by atoms with E-state index in [1.54, 1.807) is 0 Å². The van der Waals surface area contributed by atoms with E-state index in [1.165, 1.54) is 0 Å². The van der Waals surface area contributed by atoms with E-state index >= 15 is 0 Å². The monoisotopic (exact) mass is 310 g/mol. The van der Waals surface area contributed by atoms with Gasteiger partial charge in [0.15, 0.2) is 0 Å². The third kappa shape index (κ3) is 4.99. The molecule has 0 saturated carbocycles. The minimum atomic E-state index is 0.123. The van der Waals surface area contributed by atoms with Crippen molar-refractivity contribution in [3.05, 3.63) is 34.9 Å². The molecule has 1 heterocycles. The van der Waals surface area contributed by atoms with E-state index in [0.29, 0.717) is 37.1 Å². The number of benzene rings is 1. The van der Waals surface area contributed by atoms with Crippen molar-refractivity contribution in [1.29, 1.82) is 0 Å². The van der Waals surface area contributed by atoms with Crippen LogP contribution >= 0.6 is 11.6 Å². The Balaban J connectivity index is 1.98. The fraction of sp³-hybridized carbons (Fsp3) is 0.562. The Morgan fingerprint density at radius 1 is 1.43 bits per heavy atom. The number of hydrogen-bond donors (Lipinski definition) is 0. The Hall–Kier alpha value is -1.10. The first kappa shape index (κ1) is 16.3. The van der Waals surface area contributed by atoms with E-state index in [-0.39, 0.29) is 5.91 Å². The lowest BCUT2D eigenvalue weighted by Gasteiger charge is -2.25. The molecule has 1 atom stereocenters. The molecule has 4 nitrogen and oxygen atoms in total. The van der Waals surface area contributed by atoms with Gasteiger partial charge in [-0.25, -0.2) is 0 Å². The zero-order chi connectivity index (χ0) is 15.2. The van der Waals surface area contributed by atoms with Crippen LogP contribution in [0.15, 0.2) is 24.3 Å². The van der Waals surface area contributed by atoms with Crippen LogP contribution < -0.4 is 0 Å². The van der Waals surface area contributed by atoms with E-state index in [9.17, 15) is 4.79 Å². The number of carbonyl (C=O) groups is 1. The highest BCUT2D eigenvalue weighted by atomic mass is 35.5. The second-order valence-electron chi connectivity index (χ2n) is 5.81. The molecule has 1 aromatic carbocycles. The van der Waals surface area contributed by atoms with Crippen molar-refractivity contribution in [2.45, 2.75) is 6.42 Å². The summed E-state index contributed by atoms with van der Waals surface area (Å²) < 4.78 is 5.62. The molecule has 0 unspecified atom stereocenters. The fourth-order valence-electron chi connectivity index (χ4n) is 2.65. The van der Waals surface area contributed by atoms with Gasteiger partial charge in [-0.1, -0.05) is 29.8 Å². The van der Waals surface area contributed by atoms with Gasteiger partial charge in [-0.2, -0.15) is 0 Å². The van der Waals surface area contributed by atoms with Crippen LogP contribution in [0, 0.1) is 5.92 Å². The van der Waals surface area contributed by atoms with Gasteiger partial charge in [0.2, 0.25) is 5.91 Å². The summed E-state index contributed by atoms with van der Waals surface area (Å²) in [7, 11) is 4.08. The number of carbonyl (C=O) groups excluding carboxylic acids is 1. The van der Waals surface area contributed by atoms with Gasteiger partial charge in [0.05, 0.1) is 19.6 Å². The van der Waals surface area contributed by atoms with Crippen molar-refractivity contribution in [2.75, 3.05) is 46.9 Å². The van der Waals surface area contributed by atoms with Crippen LogP contribution in [-0.2, 0) is 16.0 Å². The summed E-state index contributed by atoms with van der Waals surface area (Å²) in [5.41, 5.74) is 0.887. The van der Waals surface area contributed by atoms with Gasteiger partial charge in [-0.05, 0) is 25.7 Å². The van der Waals surface area contributed by atoms with E-state index < -0.39 is 0 Å². The predicted molar refractivity (Wildman–Crippen MR) is 84.6 cm³/mol. The molecule has 21 heavy (non-hydrogen) atoms. The smallest absolute Gasteiger partial charge is 0.227 e. The largest absolute Gasteiger partial charge is 0.379 e. The number of ether oxygens (including phenoxy) is 1. The molecule has 0 radical (unpaired) electrons. The Labute approximate surface area is 131 Å². The lowest BCUT2D eigenvalue weighted by atomic mass is 10.1. The van der Waals surface area contributed by atoms with E-state index in [4.69, 9.17) is 16.3 Å². The second kappa shape index (κ2) is 7.78. The third-order valence-corrected chi connectivity index (χ3v) is 3.98. The van der Waals surface area contributed by atoms with Crippen molar-refractivity contribution in [3.63, 3.8) is 0 Å². The van der Waals surface area contributed by atoms with E-state index in [2.05, 4.69) is 4.90 Å². The highest BCUT2D eigenvalue weighted by Gasteiger charge is 2.23. The van der Waals surface area contributed by atoms with Gasteiger partial charge < -0.3 is 14.5 Å². The maximum Gasteiger partial charge on any atom is 0.227 e. The maximum atomic E-state index is 12.5. The fourth-order valence-corrected chi connectivity index (χ4v) is 2.85. The zero-order valence-electron chi connectivity index (χ0n) is 12.7. The molecule has 1 aliphatic heterocycles. The van der Waals surface area contributed by atoms with Crippen molar-refractivity contribution in [1.82, 2.24) is 9.80 Å². The van der Waals surface area contributed by atoms with Crippen LogP contribution in [0.5, 0.6) is 0 Å². The minimum absolute atomic E-state index is 0.123. The van der Waals surface area contributed by atoms with Crippen LogP contribution in [0.2, 0.25) is 5.02 Å². The number of rotatable bonds is 4. The Kier molecular flexibility index (Phi) is 6.03. The molecule has 0 spiro atoms. The van der Waals surface area contributed by atoms with Crippen molar-refractivity contribution < 1.29 is 9.53 Å². The molecule has 1 saturated heterocycles. The zero-order valence-corrected chi connectivity index (χ0v) is 13.5. The number of halogens is 1. The Morgan fingerprint density at radius 3 is 2.90 bits per heavy atom. The highest BCUT2D eigenvalue weighted by Crippen LogP contribution is 2.17. The molecule has 1 aliphatic rings. The highest BCUT2D eigenvalue weighted by molar-refractivity contribution is 6.31. The van der Waals surface area contributed by atoms with Crippen molar-refractivity contribution in [2.24, 2.45) is 5.92 Å². The molecular weight excluding hydrogens is 288 g/mol. The summed E-state index contributed by atoms with van der Waals surface area (Å²) in [6.07, 6.45) is 0.356. The summed E-state index contributed by atoms with van der Waals surface area (Å²) in [5, 5.41) is 0.654. The molecule has 0 aromatic heterocycles. The summed E-state index contributed by atoms with van der Waals surface area (Å²) in [5.74, 6) is 0.482. The quantitative estimate of drug-likeness (QED) is 0.852. The van der Waals surface area contributed by atoms with Gasteiger partial charge in [-0.15, -0.1) is 0 Å². The molecule has 1 fully saturated rings. The SMILES string of the molecule is CN(C)C[C@H]1COCCN(C(=O)Cc2ccccc2Cl)C1. The van der Waals surface area contributed by atoms with Crippen LogP contribution in [-0.4, -0.2) is 62.7 Å². The average Bonchev–Trinajstić information content (AvgIpc) is 2.66.